The third kappa shape index (κ3) is 4.51. The minimum atomic E-state index is 0.0181. The van der Waals surface area contributed by atoms with Crippen molar-refractivity contribution in [2.75, 3.05) is 0 Å². The van der Waals surface area contributed by atoms with Gasteiger partial charge in [0, 0.05) is 6.04 Å². The second kappa shape index (κ2) is 7.73. The Bertz CT molecular complexity index is 875. The fourth-order valence-corrected chi connectivity index (χ4v) is 3.98. The standard InChI is InChI=1S/C23H26N2OS/c1-16(2)25-21(26)20(27-22(25)24-19-9-7-6-8-10-19)15-17-11-13-18(14-12-17)23(3,4)5/h6-16H,1-5H3/b20-15+,24-22?. The van der Waals surface area contributed by atoms with E-state index in [1.165, 1.54) is 17.3 Å². The molecule has 1 amide bonds. The van der Waals surface area contributed by atoms with E-state index in [2.05, 4.69) is 45.0 Å². The average molecular weight is 379 g/mol. The molecule has 0 aliphatic carbocycles. The third-order valence-electron chi connectivity index (χ3n) is 4.41. The highest BCUT2D eigenvalue weighted by molar-refractivity contribution is 8.18. The number of para-hydroxylation sites is 1. The molecule has 140 valence electrons. The van der Waals surface area contributed by atoms with Gasteiger partial charge in [-0.15, -0.1) is 0 Å². The van der Waals surface area contributed by atoms with Crippen molar-refractivity contribution in [1.29, 1.82) is 0 Å². The number of hydrogen-bond donors (Lipinski definition) is 0. The molecule has 0 saturated carbocycles. The minimum absolute atomic E-state index is 0.0181. The van der Waals surface area contributed by atoms with Gasteiger partial charge in [0.15, 0.2) is 5.17 Å². The van der Waals surface area contributed by atoms with Gasteiger partial charge in [-0.25, -0.2) is 4.99 Å². The topological polar surface area (TPSA) is 32.7 Å². The van der Waals surface area contributed by atoms with Crippen LogP contribution in [-0.2, 0) is 10.2 Å². The molecule has 0 bridgehead atoms. The summed E-state index contributed by atoms with van der Waals surface area (Å²) in [5.74, 6) is 0.0181. The summed E-state index contributed by atoms with van der Waals surface area (Å²) < 4.78 is 0. The first kappa shape index (κ1) is 19.4. The van der Waals surface area contributed by atoms with Gasteiger partial charge >= 0.3 is 0 Å². The smallest absolute Gasteiger partial charge is 0.266 e. The van der Waals surface area contributed by atoms with Crippen molar-refractivity contribution < 1.29 is 4.79 Å². The summed E-state index contributed by atoms with van der Waals surface area (Å²) in [6, 6.07) is 18.2. The summed E-state index contributed by atoms with van der Waals surface area (Å²) in [5.41, 5.74) is 3.29. The predicted molar refractivity (Wildman–Crippen MR) is 116 cm³/mol. The molecule has 1 fully saturated rings. The van der Waals surface area contributed by atoms with Gasteiger partial charge in [0.1, 0.15) is 0 Å². The van der Waals surface area contributed by atoms with Crippen molar-refractivity contribution in [3.05, 3.63) is 70.6 Å². The molecule has 0 N–H and O–H groups in total. The van der Waals surface area contributed by atoms with E-state index in [-0.39, 0.29) is 17.4 Å². The molecule has 3 nitrogen and oxygen atoms in total. The highest BCUT2D eigenvalue weighted by Crippen LogP contribution is 2.35. The van der Waals surface area contributed by atoms with Gasteiger partial charge in [0.05, 0.1) is 10.6 Å². The van der Waals surface area contributed by atoms with Crippen LogP contribution in [0.25, 0.3) is 6.08 Å². The second-order valence-corrected chi connectivity index (χ2v) is 8.99. The van der Waals surface area contributed by atoms with Gasteiger partial charge < -0.3 is 0 Å². The van der Waals surface area contributed by atoms with Crippen LogP contribution >= 0.6 is 11.8 Å². The number of benzene rings is 2. The van der Waals surface area contributed by atoms with E-state index in [4.69, 9.17) is 4.99 Å². The molecule has 27 heavy (non-hydrogen) atoms. The van der Waals surface area contributed by atoms with Crippen LogP contribution < -0.4 is 0 Å². The lowest BCUT2D eigenvalue weighted by atomic mass is 9.87. The van der Waals surface area contributed by atoms with Crippen LogP contribution in [0.1, 0.15) is 45.7 Å². The van der Waals surface area contributed by atoms with Crippen LogP contribution in [0.15, 0.2) is 64.5 Å². The number of rotatable bonds is 3. The van der Waals surface area contributed by atoms with Crippen molar-refractivity contribution in [3.8, 4) is 0 Å². The number of hydrogen-bond acceptors (Lipinski definition) is 3. The lowest BCUT2D eigenvalue weighted by Crippen LogP contribution is -2.35. The lowest BCUT2D eigenvalue weighted by Gasteiger charge is -2.19. The number of carbonyl (C=O) groups excluding carboxylic acids is 1. The van der Waals surface area contributed by atoms with Gasteiger partial charge in [-0.1, -0.05) is 63.2 Å². The highest BCUT2D eigenvalue weighted by Gasteiger charge is 2.35. The highest BCUT2D eigenvalue weighted by atomic mass is 32.2. The van der Waals surface area contributed by atoms with E-state index in [9.17, 15) is 4.79 Å². The lowest BCUT2D eigenvalue weighted by molar-refractivity contribution is -0.123. The van der Waals surface area contributed by atoms with Crippen LogP contribution in [0.2, 0.25) is 0 Å². The Labute approximate surface area is 166 Å². The quantitative estimate of drug-likeness (QED) is 0.614. The maximum absolute atomic E-state index is 12.9. The number of aliphatic imine (C=N–C) groups is 1. The molecule has 0 unspecified atom stereocenters. The Morgan fingerprint density at radius 3 is 2.19 bits per heavy atom. The first-order valence-electron chi connectivity index (χ1n) is 9.23. The molecule has 1 saturated heterocycles. The predicted octanol–water partition coefficient (Wildman–Crippen LogP) is 6.00. The maximum atomic E-state index is 12.9. The van der Waals surface area contributed by atoms with Crippen LogP contribution in [0.5, 0.6) is 0 Å². The Hall–Kier alpha value is -2.33. The van der Waals surface area contributed by atoms with Gasteiger partial charge in [0.2, 0.25) is 0 Å². The molecule has 0 radical (unpaired) electrons. The molecule has 0 atom stereocenters. The van der Waals surface area contributed by atoms with Gasteiger partial charge in [0.25, 0.3) is 5.91 Å². The van der Waals surface area contributed by atoms with Crippen molar-refractivity contribution >= 4 is 34.6 Å². The fraction of sp³-hybridized carbons (Fsp3) is 0.304. The maximum Gasteiger partial charge on any atom is 0.266 e. The molecule has 3 rings (SSSR count). The van der Waals surface area contributed by atoms with E-state index in [0.717, 1.165) is 16.4 Å². The fourth-order valence-electron chi connectivity index (χ4n) is 2.86. The van der Waals surface area contributed by atoms with Crippen molar-refractivity contribution in [2.24, 2.45) is 4.99 Å². The summed E-state index contributed by atoms with van der Waals surface area (Å²) in [4.78, 5) is 20.1. The van der Waals surface area contributed by atoms with E-state index < -0.39 is 0 Å². The molecule has 2 aromatic rings. The van der Waals surface area contributed by atoms with Crippen LogP contribution in [0, 0.1) is 0 Å². The summed E-state index contributed by atoms with van der Waals surface area (Å²) in [5, 5.41) is 0.735. The summed E-state index contributed by atoms with van der Waals surface area (Å²) >= 11 is 1.44. The normalized spacial score (nSPS) is 18.1. The van der Waals surface area contributed by atoms with E-state index >= 15 is 0 Å². The van der Waals surface area contributed by atoms with Gasteiger partial charge in [-0.05, 0) is 60.4 Å². The van der Waals surface area contributed by atoms with E-state index in [1.54, 1.807) is 4.90 Å². The molecular weight excluding hydrogens is 352 g/mol. The molecule has 0 spiro atoms. The molecule has 2 aromatic carbocycles. The zero-order valence-corrected chi connectivity index (χ0v) is 17.4. The van der Waals surface area contributed by atoms with Crippen LogP contribution in [0.3, 0.4) is 0 Å². The van der Waals surface area contributed by atoms with Crippen LogP contribution in [-0.4, -0.2) is 22.0 Å². The zero-order valence-electron chi connectivity index (χ0n) is 16.6. The number of thioether (sulfide) groups is 1. The Kier molecular flexibility index (Phi) is 5.56. The number of carbonyl (C=O) groups is 1. The third-order valence-corrected chi connectivity index (χ3v) is 5.39. The largest absolute Gasteiger partial charge is 0.284 e. The molecule has 0 aromatic heterocycles. The molecule has 1 aliphatic rings. The Balaban J connectivity index is 1.91. The average Bonchev–Trinajstić information content (AvgIpc) is 2.91. The second-order valence-electron chi connectivity index (χ2n) is 7.98. The van der Waals surface area contributed by atoms with Crippen LogP contribution in [0.4, 0.5) is 5.69 Å². The molecule has 4 heteroatoms. The monoisotopic (exact) mass is 378 g/mol. The van der Waals surface area contributed by atoms with Crippen molar-refractivity contribution in [1.82, 2.24) is 4.90 Å². The summed E-state index contributed by atoms with van der Waals surface area (Å²) in [6.45, 7) is 10.6. The summed E-state index contributed by atoms with van der Waals surface area (Å²) in [7, 11) is 0. The Morgan fingerprint density at radius 2 is 1.63 bits per heavy atom. The molecular formula is C23H26N2OS. The zero-order chi connectivity index (χ0) is 19.6. The Morgan fingerprint density at radius 1 is 1.00 bits per heavy atom. The summed E-state index contributed by atoms with van der Waals surface area (Å²) in [6.07, 6.45) is 1.96. The minimum Gasteiger partial charge on any atom is -0.284 e. The van der Waals surface area contributed by atoms with Gasteiger partial charge in [-0.3, -0.25) is 9.69 Å². The van der Waals surface area contributed by atoms with Gasteiger partial charge in [-0.2, -0.15) is 0 Å². The number of nitrogens with zero attached hydrogens (tertiary/aromatic N) is 2. The molecule has 1 heterocycles. The van der Waals surface area contributed by atoms with Crippen molar-refractivity contribution in [3.63, 3.8) is 0 Å². The first-order chi connectivity index (χ1) is 12.8. The molecule has 1 aliphatic heterocycles. The van der Waals surface area contributed by atoms with E-state index in [0.29, 0.717) is 4.91 Å². The number of amides is 1. The van der Waals surface area contributed by atoms with E-state index in [1.807, 2.05) is 50.3 Å². The SMILES string of the molecule is CC(C)N1C(=O)/C(=C\c2ccc(C(C)(C)C)cc2)SC1=Nc1ccccc1. The number of amidine groups is 1. The van der Waals surface area contributed by atoms with Crippen molar-refractivity contribution in [2.45, 2.75) is 46.1 Å². The first-order valence-corrected chi connectivity index (χ1v) is 10.0.